The summed E-state index contributed by atoms with van der Waals surface area (Å²) < 4.78 is 37.5. The maximum atomic E-state index is 14.0. The van der Waals surface area contributed by atoms with Crippen LogP contribution in [0, 0.1) is 5.82 Å². The molecule has 7 rings (SSSR count). The number of carbonyl (C=O) groups is 4. The van der Waals surface area contributed by atoms with E-state index in [-0.39, 0.29) is 25.0 Å². The van der Waals surface area contributed by atoms with Crippen molar-refractivity contribution in [2.24, 2.45) is 0 Å². The van der Waals surface area contributed by atoms with Gasteiger partial charge in [0.05, 0.1) is 17.1 Å². The fourth-order valence-electron chi connectivity index (χ4n) is 6.32. The molecule has 0 amide bonds. The Morgan fingerprint density at radius 3 is 2.07 bits per heavy atom. The lowest BCUT2D eigenvalue weighted by Gasteiger charge is -2.54. The number of nitrogens with zero attached hydrogens (tertiary/aromatic N) is 3. The first-order valence-corrected chi connectivity index (χ1v) is 13.7. The number of halogens is 1. The van der Waals surface area contributed by atoms with Gasteiger partial charge in [0, 0.05) is 68.5 Å². The first-order valence-electron chi connectivity index (χ1n) is 13.7. The molecule has 1 unspecified atom stereocenters. The SMILES string of the molecule is O=C1C=CC(=O)OC2(O1)C(c1[nH]nc3cc(F)ccc13)CCN(CCN1Cc3ccccc3C1)C21OC(=O)C=CC(=O)O1. The van der Waals surface area contributed by atoms with Gasteiger partial charge in [0.25, 0.3) is 0 Å². The van der Waals surface area contributed by atoms with Crippen LogP contribution in [0.25, 0.3) is 10.9 Å². The van der Waals surface area contributed by atoms with Crippen LogP contribution in [0.4, 0.5) is 4.39 Å². The zero-order chi connectivity index (χ0) is 29.8. The van der Waals surface area contributed by atoms with Crippen LogP contribution in [0.1, 0.15) is 29.2 Å². The van der Waals surface area contributed by atoms with Crippen molar-refractivity contribution in [1.82, 2.24) is 20.0 Å². The van der Waals surface area contributed by atoms with E-state index in [1.165, 1.54) is 29.3 Å². The number of fused-ring (bicyclic) bond motifs is 3. The van der Waals surface area contributed by atoms with E-state index in [2.05, 4.69) is 27.2 Å². The average molecular weight is 589 g/mol. The van der Waals surface area contributed by atoms with E-state index in [1.54, 1.807) is 4.90 Å². The maximum Gasteiger partial charge on any atom is 0.403 e. The number of piperidine rings is 1. The van der Waals surface area contributed by atoms with E-state index in [4.69, 9.17) is 18.9 Å². The second-order valence-electron chi connectivity index (χ2n) is 10.7. The quantitative estimate of drug-likeness (QED) is 0.449. The molecule has 13 heteroatoms. The summed E-state index contributed by atoms with van der Waals surface area (Å²) in [6.45, 7) is 2.11. The van der Waals surface area contributed by atoms with Crippen LogP contribution in [-0.4, -0.2) is 75.2 Å². The number of aromatic nitrogens is 2. The van der Waals surface area contributed by atoms with Crippen molar-refractivity contribution in [3.63, 3.8) is 0 Å². The van der Waals surface area contributed by atoms with Gasteiger partial charge in [0.2, 0.25) is 0 Å². The van der Waals surface area contributed by atoms with E-state index in [1.807, 2.05) is 12.1 Å². The number of hydrogen-bond donors (Lipinski definition) is 1. The van der Waals surface area contributed by atoms with Gasteiger partial charge in [0.1, 0.15) is 5.82 Å². The highest BCUT2D eigenvalue weighted by Crippen LogP contribution is 2.53. The number of likely N-dealkylation sites (tertiary alicyclic amines) is 1. The molecule has 220 valence electrons. The average Bonchev–Trinajstić information content (AvgIpc) is 3.50. The second-order valence-corrected chi connectivity index (χ2v) is 10.7. The number of nitrogens with one attached hydrogen (secondary N) is 1. The third-order valence-corrected chi connectivity index (χ3v) is 8.18. The van der Waals surface area contributed by atoms with Crippen LogP contribution in [0.2, 0.25) is 0 Å². The molecule has 3 aromatic rings. The van der Waals surface area contributed by atoms with Gasteiger partial charge in [-0.25, -0.2) is 28.5 Å². The van der Waals surface area contributed by atoms with Crippen molar-refractivity contribution in [2.75, 3.05) is 19.6 Å². The molecule has 5 heterocycles. The Bertz CT molecular complexity index is 1670. The van der Waals surface area contributed by atoms with Crippen LogP contribution in [-0.2, 0) is 51.2 Å². The molecule has 43 heavy (non-hydrogen) atoms. The van der Waals surface area contributed by atoms with Crippen LogP contribution in [0.5, 0.6) is 0 Å². The number of esters is 4. The molecule has 0 saturated carbocycles. The van der Waals surface area contributed by atoms with Crippen LogP contribution < -0.4 is 0 Å². The molecular weight excluding hydrogens is 563 g/mol. The Balaban J connectivity index is 1.34. The lowest BCUT2D eigenvalue weighted by Crippen LogP contribution is -2.76. The van der Waals surface area contributed by atoms with Crippen molar-refractivity contribution in [3.8, 4) is 0 Å². The van der Waals surface area contributed by atoms with Crippen molar-refractivity contribution < 1.29 is 42.5 Å². The van der Waals surface area contributed by atoms with E-state index in [0.717, 1.165) is 24.3 Å². The van der Waals surface area contributed by atoms with Crippen molar-refractivity contribution in [2.45, 2.75) is 37.1 Å². The van der Waals surface area contributed by atoms with Gasteiger partial charge in [0.15, 0.2) is 0 Å². The third-order valence-electron chi connectivity index (χ3n) is 8.18. The summed E-state index contributed by atoms with van der Waals surface area (Å²) in [6, 6.07) is 12.0. The number of carbonyl (C=O) groups excluding carboxylic acids is 4. The molecule has 0 bridgehead atoms. The summed E-state index contributed by atoms with van der Waals surface area (Å²) in [7, 11) is 0. The molecule has 0 aliphatic carbocycles. The van der Waals surface area contributed by atoms with E-state index >= 15 is 0 Å². The van der Waals surface area contributed by atoms with Crippen molar-refractivity contribution in [1.29, 1.82) is 0 Å². The van der Waals surface area contributed by atoms with Gasteiger partial charge in [-0.05, 0) is 29.7 Å². The number of H-pyrrole nitrogens is 1. The van der Waals surface area contributed by atoms with Gasteiger partial charge in [-0.1, -0.05) is 24.3 Å². The standard InChI is InChI=1S/C30H25FN4O8/c31-20-5-6-21-23(15-20)32-33-28(21)22-11-12-35(14-13-34-16-18-3-1-2-4-19(18)17-34)30(42-26(38)9-10-27(39)43-30)29(22)40-24(36)7-8-25(37)41-29/h1-10,15,22H,11-14,16-17H2,(H,32,33). The third kappa shape index (κ3) is 4.48. The largest absolute Gasteiger partial charge is 0.409 e. The van der Waals surface area contributed by atoms with Crippen molar-refractivity contribution >= 4 is 34.8 Å². The highest BCUT2D eigenvalue weighted by molar-refractivity contribution is 5.95. The van der Waals surface area contributed by atoms with E-state index < -0.39 is 47.3 Å². The predicted molar refractivity (Wildman–Crippen MR) is 144 cm³/mol. The monoisotopic (exact) mass is 588 g/mol. The second kappa shape index (κ2) is 10.1. The first-order chi connectivity index (χ1) is 20.8. The number of aromatic amines is 1. The highest BCUT2D eigenvalue weighted by atomic mass is 19.1. The molecule has 1 N–H and O–H groups in total. The zero-order valence-corrected chi connectivity index (χ0v) is 22.7. The molecule has 0 radical (unpaired) electrons. The van der Waals surface area contributed by atoms with Gasteiger partial charge in [-0.3, -0.25) is 10.00 Å². The molecule has 4 aliphatic rings. The Morgan fingerprint density at radius 1 is 0.837 bits per heavy atom. The number of rotatable bonds is 4. The zero-order valence-electron chi connectivity index (χ0n) is 22.7. The Morgan fingerprint density at radius 2 is 1.44 bits per heavy atom. The molecule has 4 aliphatic heterocycles. The molecule has 12 nitrogen and oxygen atoms in total. The summed E-state index contributed by atoms with van der Waals surface area (Å²) in [6.07, 6.45) is 3.69. The smallest absolute Gasteiger partial charge is 0.403 e. The van der Waals surface area contributed by atoms with Gasteiger partial charge in [-0.2, -0.15) is 5.10 Å². The molecule has 1 saturated heterocycles. The normalized spacial score (nSPS) is 23.0. The van der Waals surface area contributed by atoms with Crippen LogP contribution in [0.3, 0.4) is 0 Å². The molecule has 2 aromatic carbocycles. The fourth-order valence-corrected chi connectivity index (χ4v) is 6.32. The summed E-state index contributed by atoms with van der Waals surface area (Å²) >= 11 is 0. The molecule has 1 atom stereocenters. The van der Waals surface area contributed by atoms with Gasteiger partial charge < -0.3 is 18.9 Å². The number of hydrogen-bond acceptors (Lipinski definition) is 11. The Hall–Kier alpha value is -4.88. The van der Waals surface area contributed by atoms with Crippen molar-refractivity contribution in [3.05, 3.63) is 89.4 Å². The highest BCUT2D eigenvalue weighted by Gasteiger charge is 2.75. The molecule has 2 spiro atoms. The minimum Gasteiger partial charge on any atom is -0.409 e. The van der Waals surface area contributed by atoms with Gasteiger partial charge in [-0.15, -0.1) is 0 Å². The van der Waals surface area contributed by atoms with E-state index in [9.17, 15) is 23.6 Å². The maximum absolute atomic E-state index is 14.0. The Kier molecular flexibility index (Phi) is 6.36. The minimum atomic E-state index is -2.53. The fraction of sp³-hybridized carbons (Fsp3) is 0.300. The van der Waals surface area contributed by atoms with Crippen LogP contribution in [0.15, 0.2) is 66.8 Å². The van der Waals surface area contributed by atoms with Gasteiger partial charge >= 0.3 is 35.6 Å². The lowest BCUT2D eigenvalue weighted by molar-refractivity contribution is -0.425. The predicted octanol–water partition coefficient (Wildman–Crippen LogP) is 2.17. The van der Waals surface area contributed by atoms with Crippen LogP contribution >= 0.6 is 0 Å². The molecule has 1 fully saturated rings. The summed E-state index contributed by atoms with van der Waals surface area (Å²) in [5, 5.41) is 7.49. The topological polar surface area (TPSA) is 140 Å². The Labute approximate surface area is 243 Å². The van der Waals surface area contributed by atoms with E-state index in [0.29, 0.717) is 30.7 Å². The summed E-state index contributed by atoms with van der Waals surface area (Å²) in [4.78, 5) is 55.9. The summed E-state index contributed by atoms with van der Waals surface area (Å²) in [5.41, 5.74) is 2.93. The minimum absolute atomic E-state index is 0.151. The summed E-state index contributed by atoms with van der Waals surface area (Å²) in [5.74, 6) is -10.6. The molecular formula is C30H25FN4O8. The number of benzene rings is 2. The molecule has 1 aromatic heterocycles. The lowest BCUT2D eigenvalue weighted by atomic mass is 9.82. The number of ether oxygens (including phenoxy) is 4. The first kappa shape index (κ1) is 27.0.